The predicted molar refractivity (Wildman–Crippen MR) is 43.6 cm³/mol. The Morgan fingerprint density at radius 2 is 1.46 bits per heavy atom. The van der Waals surface area contributed by atoms with Crippen molar-refractivity contribution < 1.29 is 9.59 Å². The Labute approximate surface area is 72.6 Å². The summed E-state index contributed by atoms with van der Waals surface area (Å²) in [6.45, 7) is 0. The van der Waals surface area contributed by atoms with Crippen molar-refractivity contribution in [2.45, 2.75) is 0 Å². The van der Waals surface area contributed by atoms with E-state index in [9.17, 15) is 9.59 Å². The summed E-state index contributed by atoms with van der Waals surface area (Å²) in [5, 5.41) is 4.34. The van der Waals surface area contributed by atoms with Gasteiger partial charge in [0.15, 0.2) is 0 Å². The number of nitrogens with two attached hydrogens (primary N) is 1. The van der Waals surface area contributed by atoms with Gasteiger partial charge in [-0.2, -0.15) is 15.0 Å². The molecule has 68 valence electrons. The lowest BCUT2D eigenvalue weighted by atomic mass is 10.8. The van der Waals surface area contributed by atoms with Gasteiger partial charge in [0, 0.05) is 0 Å². The van der Waals surface area contributed by atoms with Gasteiger partial charge in [0.1, 0.15) is 0 Å². The molecule has 1 rings (SSSR count). The molecule has 0 fully saturated rings. The zero-order valence-electron chi connectivity index (χ0n) is 6.39. The number of nitrogen functional groups attached to an aromatic ring is 1. The molecule has 0 atom stereocenters. The van der Waals surface area contributed by atoms with Crippen LogP contribution in [-0.2, 0) is 9.59 Å². The van der Waals surface area contributed by atoms with E-state index >= 15 is 0 Å². The molecule has 0 bridgehead atoms. The molecule has 0 aliphatic rings. The van der Waals surface area contributed by atoms with E-state index < -0.39 is 0 Å². The van der Waals surface area contributed by atoms with Gasteiger partial charge in [0.05, 0.1) is 0 Å². The number of aromatic nitrogens is 3. The van der Waals surface area contributed by atoms with Crippen LogP contribution in [0, 0.1) is 0 Å². The van der Waals surface area contributed by atoms with Gasteiger partial charge >= 0.3 is 0 Å². The second kappa shape index (κ2) is 3.95. The summed E-state index contributed by atoms with van der Waals surface area (Å²) in [6, 6.07) is 0. The van der Waals surface area contributed by atoms with Crippen LogP contribution in [0.3, 0.4) is 0 Å². The predicted octanol–water partition coefficient (Wildman–Crippen LogP) is -1.41. The number of rotatable bonds is 4. The molecule has 0 aliphatic heterocycles. The van der Waals surface area contributed by atoms with E-state index in [1.54, 1.807) is 0 Å². The van der Waals surface area contributed by atoms with Crippen molar-refractivity contribution in [1.82, 2.24) is 15.0 Å². The van der Waals surface area contributed by atoms with Crippen LogP contribution in [0.25, 0.3) is 0 Å². The Morgan fingerprint density at radius 3 is 1.85 bits per heavy atom. The number of nitrogens with zero attached hydrogens (tertiary/aromatic N) is 3. The molecule has 4 N–H and O–H groups in total. The zero-order valence-corrected chi connectivity index (χ0v) is 6.39. The largest absolute Gasteiger partial charge is 0.368 e. The number of nitrogens with one attached hydrogen (secondary N) is 2. The maximum Gasteiger partial charge on any atom is 0.235 e. The molecule has 0 saturated heterocycles. The van der Waals surface area contributed by atoms with Crippen LogP contribution in [0.1, 0.15) is 0 Å². The maximum absolute atomic E-state index is 10.0. The first-order valence-electron chi connectivity index (χ1n) is 3.18. The number of carbonyl (C=O) groups is 2. The average molecular weight is 182 g/mol. The zero-order chi connectivity index (χ0) is 9.68. The van der Waals surface area contributed by atoms with Gasteiger partial charge < -0.3 is 5.73 Å². The third-order valence-electron chi connectivity index (χ3n) is 1.03. The lowest BCUT2D eigenvalue weighted by Gasteiger charge is -2.00. The highest BCUT2D eigenvalue weighted by molar-refractivity contribution is 5.70. The lowest BCUT2D eigenvalue weighted by Crippen LogP contribution is -2.09. The normalized spacial score (nSPS) is 8.92. The molecule has 8 nitrogen and oxygen atoms in total. The summed E-state index contributed by atoms with van der Waals surface area (Å²) in [6.07, 6.45) is 0.777. The van der Waals surface area contributed by atoms with E-state index in [0.29, 0.717) is 12.8 Å². The lowest BCUT2D eigenvalue weighted by molar-refractivity contribution is -0.106. The molecule has 1 aromatic heterocycles. The minimum absolute atomic E-state index is 0.0214. The number of hydrogen-bond acceptors (Lipinski definition) is 6. The van der Waals surface area contributed by atoms with Gasteiger partial charge in [-0.1, -0.05) is 0 Å². The van der Waals surface area contributed by atoms with Gasteiger partial charge in [-0.3, -0.25) is 20.2 Å². The third-order valence-corrected chi connectivity index (χ3v) is 1.03. The van der Waals surface area contributed by atoms with E-state index in [1.165, 1.54) is 0 Å². The van der Waals surface area contributed by atoms with E-state index in [1.807, 2.05) is 0 Å². The van der Waals surface area contributed by atoms with E-state index in [2.05, 4.69) is 25.6 Å². The van der Waals surface area contributed by atoms with Crippen LogP contribution in [0.4, 0.5) is 17.8 Å². The van der Waals surface area contributed by atoms with E-state index in [0.717, 1.165) is 0 Å². The summed E-state index contributed by atoms with van der Waals surface area (Å²) in [4.78, 5) is 30.8. The molecule has 0 aromatic carbocycles. The van der Waals surface area contributed by atoms with Crippen molar-refractivity contribution in [3.63, 3.8) is 0 Å². The van der Waals surface area contributed by atoms with Gasteiger partial charge in [-0.15, -0.1) is 0 Å². The Morgan fingerprint density at radius 1 is 1.00 bits per heavy atom. The minimum Gasteiger partial charge on any atom is -0.368 e. The average Bonchev–Trinajstić information content (AvgIpc) is 2.04. The number of carbonyl (C=O) groups excluding carboxylic acids is 2. The molecule has 0 aliphatic carbocycles. The fraction of sp³-hybridized carbons (Fsp3) is 0. The van der Waals surface area contributed by atoms with Crippen LogP contribution in [0.5, 0.6) is 0 Å². The van der Waals surface area contributed by atoms with Crippen LogP contribution in [-0.4, -0.2) is 27.8 Å². The fourth-order valence-corrected chi connectivity index (χ4v) is 0.627. The van der Waals surface area contributed by atoms with Crippen molar-refractivity contribution >= 4 is 30.7 Å². The summed E-state index contributed by atoms with van der Waals surface area (Å²) < 4.78 is 0. The second-order valence-corrected chi connectivity index (χ2v) is 1.87. The second-order valence-electron chi connectivity index (χ2n) is 1.87. The van der Waals surface area contributed by atoms with Gasteiger partial charge in [0.2, 0.25) is 30.7 Å². The first-order chi connectivity index (χ1) is 6.26. The summed E-state index contributed by atoms with van der Waals surface area (Å²) in [5.41, 5.74) is 5.25. The van der Waals surface area contributed by atoms with Crippen molar-refractivity contribution in [2.24, 2.45) is 0 Å². The highest BCUT2D eigenvalue weighted by Gasteiger charge is 2.01. The molecular weight excluding hydrogens is 176 g/mol. The SMILES string of the molecule is Nc1nc(NC=O)nc(NC=O)n1. The van der Waals surface area contributed by atoms with Crippen molar-refractivity contribution in [2.75, 3.05) is 16.4 Å². The quantitative estimate of drug-likeness (QED) is 0.491. The maximum atomic E-state index is 10.0. The highest BCUT2D eigenvalue weighted by atomic mass is 16.1. The first-order valence-corrected chi connectivity index (χ1v) is 3.18. The van der Waals surface area contributed by atoms with Crippen molar-refractivity contribution in [1.29, 1.82) is 0 Å². The van der Waals surface area contributed by atoms with Gasteiger partial charge in [-0.25, -0.2) is 0 Å². The van der Waals surface area contributed by atoms with Gasteiger partial charge in [-0.05, 0) is 0 Å². The summed E-state index contributed by atoms with van der Waals surface area (Å²) >= 11 is 0. The Balaban J connectivity index is 2.95. The summed E-state index contributed by atoms with van der Waals surface area (Å²) in [7, 11) is 0. The third kappa shape index (κ3) is 2.36. The Hall–Kier alpha value is -2.25. The molecule has 8 heteroatoms. The molecule has 0 unspecified atom stereocenters. The molecule has 13 heavy (non-hydrogen) atoms. The van der Waals surface area contributed by atoms with Crippen LogP contribution in [0.15, 0.2) is 0 Å². The monoisotopic (exact) mass is 182 g/mol. The first kappa shape index (κ1) is 8.84. The smallest absolute Gasteiger partial charge is 0.235 e. The van der Waals surface area contributed by atoms with E-state index in [-0.39, 0.29) is 17.8 Å². The Bertz CT molecular complexity index is 299. The molecule has 0 spiro atoms. The minimum atomic E-state index is -0.0938. The molecule has 0 radical (unpaired) electrons. The van der Waals surface area contributed by atoms with Crippen LogP contribution < -0.4 is 16.4 Å². The van der Waals surface area contributed by atoms with Crippen molar-refractivity contribution in [3.05, 3.63) is 0 Å². The Kier molecular flexibility index (Phi) is 2.69. The van der Waals surface area contributed by atoms with E-state index in [4.69, 9.17) is 5.73 Å². The standard InChI is InChI=1S/C5H6N6O2/c6-3-9-4(7-1-12)11-5(10-3)8-2-13/h1-2H,(H4,6,7,8,9,10,11,12,13). The van der Waals surface area contributed by atoms with Crippen molar-refractivity contribution in [3.8, 4) is 0 Å². The highest BCUT2D eigenvalue weighted by Crippen LogP contribution is 2.04. The summed E-state index contributed by atoms with van der Waals surface area (Å²) in [5.74, 6) is -0.137. The topological polar surface area (TPSA) is 123 Å². The number of amides is 2. The van der Waals surface area contributed by atoms with Gasteiger partial charge in [0.25, 0.3) is 0 Å². The molecule has 1 aromatic rings. The number of anilines is 3. The fourth-order valence-electron chi connectivity index (χ4n) is 0.627. The van der Waals surface area contributed by atoms with Crippen LogP contribution >= 0.6 is 0 Å². The number of hydrogen-bond donors (Lipinski definition) is 3. The molecule has 0 saturated carbocycles. The molecule has 1 heterocycles. The molecule has 2 amide bonds. The molecular formula is C5H6N6O2. The van der Waals surface area contributed by atoms with Crippen LogP contribution in [0.2, 0.25) is 0 Å².